The first kappa shape index (κ1) is 48.2. The van der Waals surface area contributed by atoms with Crippen LogP contribution in [0.4, 0.5) is 0 Å². The highest BCUT2D eigenvalue weighted by molar-refractivity contribution is 6.00. The zero-order valence-electron chi connectivity index (χ0n) is 36.0. The van der Waals surface area contributed by atoms with Crippen molar-refractivity contribution in [1.82, 2.24) is 19.9 Å². The first-order valence-electron chi connectivity index (χ1n) is 20.7. The third-order valence-electron chi connectivity index (χ3n) is 11.0. The van der Waals surface area contributed by atoms with Crippen LogP contribution in [0.3, 0.4) is 0 Å². The molecule has 0 saturated carbocycles. The Kier molecular flexibility index (Phi) is 16.3. The van der Waals surface area contributed by atoms with E-state index in [1.165, 1.54) is 0 Å². The van der Waals surface area contributed by atoms with E-state index < -0.39 is 0 Å². The van der Waals surface area contributed by atoms with Gasteiger partial charge in [-0.05, 0) is 103 Å². The third-order valence-corrected chi connectivity index (χ3v) is 11.0. The van der Waals surface area contributed by atoms with Gasteiger partial charge in [0.15, 0.2) is 37.2 Å². The molecule has 2 aliphatic heterocycles. The molecule has 0 radical (unpaired) electrons. The van der Waals surface area contributed by atoms with Crippen LogP contribution in [-0.2, 0) is 30.7 Å². The Labute approximate surface area is 424 Å². The average Bonchev–Trinajstić information content (AvgIpc) is 4.12. The Morgan fingerprint density at radius 3 is 1.30 bits per heavy atom. The van der Waals surface area contributed by atoms with E-state index in [0.717, 1.165) is 102 Å². The number of hydrogen-bond donors (Lipinski definition) is 2. The lowest BCUT2D eigenvalue weighted by molar-refractivity contribution is -0.671. The molecule has 326 valence electrons. The molecule has 0 fully saturated rings. The standard InChI is InChI=1S/C51H47N7O3.3HI/c1-5-60-47(59)8-6-7-33-61-38-11-9-34(10-12-38)48-39-13-15-41(52-39)49(35-21-27-56(2)28-22-35)43-17-19-45(54-43)51(37-25-31-58(4)32-26-37)46-20-18-44(55-46)50(42-16-14-40(48)53-42)36-23-29-57(3)30-24-36;;;/h9-32H,5-8,33H2,1-4H3,(H,52,53,54,55);3*1H/q+2;;;/p-2. The number of H-pyrrole nitrogens is 2. The lowest BCUT2D eigenvalue weighted by Gasteiger charge is -2.08. The number of nitrogens with zero attached hydrogens (tertiary/aromatic N) is 5. The number of aromatic nitrogens is 7. The number of esters is 1. The molecule has 0 spiro atoms. The Hall–Kier alpha value is -5.27. The van der Waals surface area contributed by atoms with Crippen LogP contribution >= 0.6 is 0 Å². The van der Waals surface area contributed by atoms with Crippen molar-refractivity contribution >= 4 is 52.3 Å². The number of hydrogen-bond acceptors (Lipinski definition) is 5. The molecule has 0 saturated heterocycles. The molecular weight excluding hydrogens is 1140 g/mol. The number of halogens is 3. The number of aromatic amines is 2. The molecule has 0 aliphatic carbocycles. The maximum Gasteiger partial charge on any atom is 0.305 e. The van der Waals surface area contributed by atoms with E-state index in [0.29, 0.717) is 26.1 Å². The Morgan fingerprint density at radius 2 is 0.875 bits per heavy atom. The number of unbranched alkanes of at least 4 members (excludes halogenated alkanes) is 1. The van der Waals surface area contributed by atoms with Gasteiger partial charge in [-0.1, -0.05) is 12.1 Å². The highest BCUT2D eigenvalue weighted by Gasteiger charge is 2.20. The highest BCUT2D eigenvalue weighted by atomic mass is 127. The van der Waals surface area contributed by atoms with Crippen LogP contribution in [0.2, 0.25) is 0 Å². The number of ether oxygens (including phenoxy) is 2. The van der Waals surface area contributed by atoms with E-state index in [-0.39, 0.29) is 77.9 Å². The average molecular weight is 1190 g/mol. The molecule has 10 nitrogen and oxygen atoms in total. The zero-order valence-corrected chi connectivity index (χ0v) is 42.5. The fourth-order valence-corrected chi connectivity index (χ4v) is 7.94. The van der Waals surface area contributed by atoms with Gasteiger partial charge < -0.3 is 91.4 Å². The smallest absolute Gasteiger partial charge is 0.305 e. The quantitative estimate of drug-likeness (QED) is 0.0818. The van der Waals surface area contributed by atoms with E-state index >= 15 is 0 Å². The summed E-state index contributed by atoms with van der Waals surface area (Å²) in [6.07, 6.45) is 22.7. The minimum Gasteiger partial charge on any atom is -1.00 e. The molecule has 9 rings (SSSR count). The van der Waals surface area contributed by atoms with E-state index in [4.69, 9.17) is 19.4 Å². The summed E-state index contributed by atoms with van der Waals surface area (Å²) >= 11 is 0. The fourth-order valence-electron chi connectivity index (χ4n) is 7.94. The van der Waals surface area contributed by atoms with Crippen LogP contribution in [0.1, 0.15) is 49.0 Å². The molecule has 0 unspecified atom stereocenters. The molecule has 7 aromatic rings. The molecule has 0 amide bonds. The third kappa shape index (κ3) is 10.5. The summed E-state index contributed by atoms with van der Waals surface area (Å²) in [5.74, 6) is 0.602. The van der Waals surface area contributed by atoms with Crippen LogP contribution in [0.5, 0.6) is 5.75 Å². The predicted octanol–water partition coefficient (Wildman–Crippen LogP) is -0.0787. The van der Waals surface area contributed by atoms with Crippen LogP contribution in [0, 0.1) is 0 Å². The molecule has 2 aliphatic rings. The number of aryl methyl sites for hydroxylation is 3. The van der Waals surface area contributed by atoms with Crippen molar-refractivity contribution in [3.63, 3.8) is 0 Å². The Balaban J connectivity index is 0.00000227. The maximum atomic E-state index is 11.8. The first-order valence-corrected chi connectivity index (χ1v) is 20.7. The molecule has 64 heavy (non-hydrogen) atoms. The summed E-state index contributed by atoms with van der Waals surface area (Å²) in [5, 5.41) is 0. The summed E-state index contributed by atoms with van der Waals surface area (Å²) in [7, 11) is 6.07. The second-order valence-corrected chi connectivity index (χ2v) is 15.4. The number of pyridine rings is 3. The van der Waals surface area contributed by atoms with Gasteiger partial charge in [0.25, 0.3) is 0 Å². The van der Waals surface area contributed by atoms with Gasteiger partial charge in [-0.25, -0.2) is 23.7 Å². The Bertz CT molecular complexity index is 2850. The van der Waals surface area contributed by atoms with Crippen molar-refractivity contribution in [2.24, 2.45) is 21.1 Å². The normalized spacial score (nSPS) is 11.3. The number of fused-ring (bicyclic) bond motifs is 8. The van der Waals surface area contributed by atoms with Crippen LogP contribution in [0.25, 0.3) is 90.9 Å². The molecule has 8 heterocycles. The minimum atomic E-state index is -0.167. The maximum absolute atomic E-state index is 11.8. The monoisotopic (exact) mass is 1190 g/mol. The topological polar surface area (TPSA) is 105 Å². The van der Waals surface area contributed by atoms with Gasteiger partial charge >= 0.3 is 5.97 Å². The van der Waals surface area contributed by atoms with Crippen molar-refractivity contribution in [3.05, 3.63) is 145 Å². The predicted molar refractivity (Wildman–Crippen MR) is 240 cm³/mol. The second kappa shape index (κ2) is 21.6. The van der Waals surface area contributed by atoms with Gasteiger partial charge in [-0.2, -0.15) is 0 Å². The van der Waals surface area contributed by atoms with Crippen molar-refractivity contribution in [3.8, 4) is 50.3 Å². The van der Waals surface area contributed by atoms with Gasteiger partial charge in [0.05, 0.1) is 36.0 Å². The fraction of sp³-hybridized carbons (Fsp3) is 0.176. The number of carbonyl (C=O) groups excluding carboxylic acids is 1. The van der Waals surface area contributed by atoms with Crippen LogP contribution < -0.4 is 90.4 Å². The second-order valence-electron chi connectivity index (χ2n) is 15.4. The lowest BCUT2D eigenvalue weighted by Crippen LogP contribution is -3.00. The summed E-state index contributed by atoms with van der Waals surface area (Å²) in [4.78, 5) is 30.3. The highest BCUT2D eigenvalue weighted by Crippen LogP contribution is 2.38. The molecular formula is C51H48I3N7O3. The van der Waals surface area contributed by atoms with Crippen molar-refractivity contribution in [1.29, 1.82) is 0 Å². The van der Waals surface area contributed by atoms with Crippen molar-refractivity contribution in [2.75, 3.05) is 13.2 Å². The summed E-state index contributed by atoms with van der Waals surface area (Å²) in [6.45, 7) is 2.74. The van der Waals surface area contributed by atoms with Crippen LogP contribution in [0.15, 0.2) is 122 Å². The molecule has 1 aromatic carbocycles. The molecule has 8 bridgehead atoms. The largest absolute Gasteiger partial charge is 1.00 e. The van der Waals surface area contributed by atoms with Gasteiger partial charge in [-0.3, -0.25) is 4.79 Å². The van der Waals surface area contributed by atoms with E-state index in [2.05, 4.69) is 144 Å². The zero-order chi connectivity index (χ0) is 41.9. The van der Waals surface area contributed by atoms with E-state index in [9.17, 15) is 4.79 Å². The minimum absolute atomic E-state index is 0. The molecule has 0 atom stereocenters. The van der Waals surface area contributed by atoms with E-state index in [1.807, 2.05) is 53.9 Å². The van der Waals surface area contributed by atoms with Crippen molar-refractivity contribution < 1.29 is 99.9 Å². The Morgan fingerprint density at radius 1 is 0.500 bits per heavy atom. The molecule has 2 N–H and O–H groups in total. The lowest BCUT2D eigenvalue weighted by atomic mass is 10.0. The summed E-state index contributed by atoms with van der Waals surface area (Å²) < 4.78 is 17.3. The number of rotatable bonds is 11. The van der Waals surface area contributed by atoms with Gasteiger partial charge in [-0.15, -0.1) is 0 Å². The SMILES string of the molecule is CCOC(=O)CCCCOc1ccc(-c2c3ccc([nH]3)c(-c3cc[n+](C)cc3)c3nc(c(-c4cc[n+](C)cc4)c4nc(c(-c5cc[n+](C)cc5)c5ccc2[nH]5)C=C4)C=C3)cc1.[I-].[I-].[I-]. The van der Waals surface area contributed by atoms with Gasteiger partial charge in [0.2, 0.25) is 0 Å². The van der Waals surface area contributed by atoms with Gasteiger partial charge in [0.1, 0.15) is 26.9 Å². The first-order chi connectivity index (χ1) is 29.8. The molecule has 6 aromatic heterocycles. The number of benzene rings is 1. The number of nitrogens with one attached hydrogen (secondary N) is 2. The summed E-state index contributed by atoms with van der Waals surface area (Å²) in [6, 6.07) is 29.6. The van der Waals surface area contributed by atoms with E-state index in [1.54, 1.807) is 0 Å². The summed E-state index contributed by atoms with van der Waals surface area (Å²) in [5.41, 5.74) is 15.2. The van der Waals surface area contributed by atoms with Gasteiger partial charge in [0, 0.05) is 87.1 Å². The number of carbonyl (C=O) groups is 1. The van der Waals surface area contributed by atoms with Crippen LogP contribution in [-0.4, -0.2) is 39.1 Å². The molecule has 13 heteroatoms. The van der Waals surface area contributed by atoms with Crippen molar-refractivity contribution in [2.45, 2.75) is 26.2 Å².